The average Bonchev–Trinajstić information content (AvgIpc) is 3.38. The minimum atomic E-state index is -0.265. The van der Waals surface area contributed by atoms with Crippen molar-refractivity contribution in [2.75, 3.05) is 25.0 Å². The molecule has 2 amide bonds. The molecule has 1 aliphatic rings. The molecule has 0 radical (unpaired) electrons. The third-order valence-electron chi connectivity index (χ3n) is 3.77. The van der Waals surface area contributed by atoms with Crippen LogP contribution in [0.4, 0.5) is 5.69 Å². The molecule has 6 nitrogen and oxygen atoms in total. The van der Waals surface area contributed by atoms with Crippen LogP contribution in [0.3, 0.4) is 0 Å². The predicted octanol–water partition coefficient (Wildman–Crippen LogP) is 2.13. The van der Waals surface area contributed by atoms with E-state index in [-0.39, 0.29) is 49.7 Å². The molecule has 3 rings (SSSR count). The second-order valence-corrected chi connectivity index (χ2v) is 5.78. The largest absolute Gasteiger partial charge is 0.346 e. The van der Waals surface area contributed by atoms with Crippen molar-refractivity contribution in [1.29, 1.82) is 0 Å². The van der Waals surface area contributed by atoms with Gasteiger partial charge in [0.2, 0.25) is 11.8 Å². The van der Waals surface area contributed by atoms with Gasteiger partial charge in [-0.3, -0.25) is 14.6 Å². The number of anilines is 1. The minimum Gasteiger partial charge on any atom is -0.346 e. The minimum absolute atomic E-state index is 0. The molecule has 1 heterocycles. The van der Waals surface area contributed by atoms with Gasteiger partial charge in [-0.25, -0.2) is 0 Å². The third-order valence-corrected chi connectivity index (χ3v) is 3.77. The van der Waals surface area contributed by atoms with E-state index in [0.717, 1.165) is 23.4 Å². The molecule has 8 heteroatoms. The normalized spacial score (nSPS) is 12.6. The number of fused-ring (bicyclic) bond motifs is 1. The van der Waals surface area contributed by atoms with Crippen molar-refractivity contribution < 1.29 is 9.59 Å². The highest BCUT2D eigenvalue weighted by atomic mass is 35.5. The molecule has 1 aromatic heterocycles. The van der Waals surface area contributed by atoms with Crippen LogP contribution in [0.25, 0.3) is 10.9 Å². The van der Waals surface area contributed by atoms with Crippen LogP contribution in [0.2, 0.25) is 0 Å². The Bertz CT molecular complexity index is 717. The van der Waals surface area contributed by atoms with Crippen molar-refractivity contribution >= 4 is 53.2 Å². The number of nitrogens with one attached hydrogen (secondary N) is 3. The van der Waals surface area contributed by atoms with E-state index in [9.17, 15) is 9.59 Å². The Morgan fingerprint density at radius 2 is 1.80 bits per heavy atom. The highest BCUT2D eigenvalue weighted by molar-refractivity contribution is 6.01. The van der Waals surface area contributed by atoms with Crippen LogP contribution >= 0.6 is 24.8 Å². The molecule has 136 valence electrons. The summed E-state index contributed by atoms with van der Waals surface area (Å²) >= 11 is 0. The summed E-state index contributed by atoms with van der Waals surface area (Å²) in [6.07, 6.45) is 4.18. The van der Waals surface area contributed by atoms with Crippen LogP contribution in [-0.4, -0.2) is 36.4 Å². The molecule has 0 saturated heterocycles. The first-order chi connectivity index (χ1) is 11.2. The maximum absolute atomic E-state index is 12.0. The molecule has 1 aliphatic carbocycles. The Hall–Kier alpha value is -1.89. The maximum atomic E-state index is 12.0. The number of nitrogens with zero attached hydrogens (tertiary/aromatic N) is 1. The zero-order chi connectivity index (χ0) is 16.1. The molecule has 0 unspecified atom stereocenters. The van der Waals surface area contributed by atoms with E-state index in [2.05, 4.69) is 20.9 Å². The quantitative estimate of drug-likeness (QED) is 0.682. The number of amides is 2. The van der Waals surface area contributed by atoms with Gasteiger partial charge < -0.3 is 16.0 Å². The standard InChI is InChI=1S/C17H20N4O2.2ClH/c22-15(10-18-9-12-6-7-12)20-11-16(23)21-14-5-1-3-13-4-2-8-19-17(13)14;;/h1-5,8,12,18H,6-7,9-11H2,(H,20,22)(H,21,23);2*1H. The number of benzene rings is 1. The van der Waals surface area contributed by atoms with Crippen LogP contribution in [-0.2, 0) is 9.59 Å². The lowest BCUT2D eigenvalue weighted by Crippen LogP contribution is -2.39. The van der Waals surface area contributed by atoms with Crippen molar-refractivity contribution in [3.63, 3.8) is 0 Å². The number of aromatic nitrogens is 1. The van der Waals surface area contributed by atoms with Gasteiger partial charge in [0.25, 0.3) is 0 Å². The summed E-state index contributed by atoms with van der Waals surface area (Å²) in [7, 11) is 0. The maximum Gasteiger partial charge on any atom is 0.243 e. The summed E-state index contributed by atoms with van der Waals surface area (Å²) in [4.78, 5) is 27.9. The fourth-order valence-corrected chi connectivity index (χ4v) is 2.35. The molecule has 3 N–H and O–H groups in total. The Balaban J connectivity index is 0.00000156. The van der Waals surface area contributed by atoms with Gasteiger partial charge in [-0.15, -0.1) is 24.8 Å². The molecular formula is C17H22Cl2N4O2. The zero-order valence-corrected chi connectivity index (χ0v) is 15.3. The number of halogens is 2. The van der Waals surface area contributed by atoms with Gasteiger partial charge in [-0.05, 0) is 37.4 Å². The van der Waals surface area contributed by atoms with Crippen molar-refractivity contribution in [3.05, 3.63) is 36.5 Å². The van der Waals surface area contributed by atoms with Gasteiger partial charge in [-0.1, -0.05) is 18.2 Å². The highest BCUT2D eigenvalue weighted by Crippen LogP contribution is 2.27. The molecule has 1 fully saturated rings. The molecule has 0 aliphatic heterocycles. The summed E-state index contributed by atoms with van der Waals surface area (Å²) in [5.41, 5.74) is 1.38. The van der Waals surface area contributed by atoms with Gasteiger partial charge in [0.05, 0.1) is 24.3 Å². The molecular weight excluding hydrogens is 363 g/mol. The van der Waals surface area contributed by atoms with E-state index in [1.165, 1.54) is 12.8 Å². The van der Waals surface area contributed by atoms with Crippen molar-refractivity contribution in [2.45, 2.75) is 12.8 Å². The Kier molecular flexibility index (Phi) is 8.61. The first-order valence-electron chi connectivity index (χ1n) is 7.83. The van der Waals surface area contributed by atoms with Crippen LogP contribution in [0.5, 0.6) is 0 Å². The lowest BCUT2D eigenvalue weighted by Gasteiger charge is -2.09. The summed E-state index contributed by atoms with van der Waals surface area (Å²) < 4.78 is 0. The van der Waals surface area contributed by atoms with Crippen molar-refractivity contribution in [3.8, 4) is 0 Å². The van der Waals surface area contributed by atoms with E-state index in [4.69, 9.17) is 0 Å². The summed E-state index contributed by atoms with van der Waals surface area (Å²) in [6, 6.07) is 9.38. The molecule has 1 saturated carbocycles. The fourth-order valence-electron chi connectivity index (χ4n) is 2.35. The van der Waals surface area contributed by atoms with Crippen molar-refractivity contribution in [2.24, 2.45) is 5.92 Å². The van der Waals surface area contributed by atoms with Crippen LogP contribution in [0.15, 0.2) is 36.5 Å². The van der Waals surface area contributed by atoms with E-state index >= 15 is 0 Å². The first kappa shape index (κ1) is 21.2. The number of carbonyl (C=O) groups is 2. The van der Waals surface area contributed by atoms with Crippen LogP contribution < -0.4 is 16.0 Å². The molecule has 25 heavy (non-hydrogen) atoms. The van der Waals surface area contributed by atoms with Crippen molar-refractivity contribution in [1.82, 2.24) is 15.6 Å². The monoisotopic (exact) mass is 384 g/mol. The third kappa shape index (κ3) is 6.49. The molecule has 0 bridgehead atoms. The molecule has 0 atom stereocenters. The van der Waals surface area contributed by atoms with Crippen LogP contribution in [0.1, 0.15) is 12.8 Å². The average molecular weight is 385 g/mol. The van der Waals surface area contributed by atoms with E-state index in [1.807, 2.05) is 24.3 Å². The molecule has 0 spiro atoms. The number of hydrogen-bond acceptors (Lipinski definition) is 4. The zero-order valence-electron chi connectivity index (χ0n) is 13.7. The fraction of sp³-hybridized carbons (Fsp3) is 0.353. The van der Waals surface area contributed by atoms with Gasteiger partial charge in [0.1, 0.15) is 0 Å². The second-order valence-electron chi connectivity index (χ2n) is 5.78. The predicted molar refractivity (Wildman–Crippen MR) is 103 cm³/mol. The Labute approximate surface area is 159 Å². The second kappa shape index (κ2) is 10.2. The topological polar surface area (TPSA) is 83.1 Å². The first-order valence-corrected chi connectivity index (χ1v) is 7.83. The molecule has 2 aromatic rings. The number of para-hydroxylation sites is 1. The SMILES string of the molecule is Cl.Cl.O=C(CNCC1CC1)NCC(=O)Nc1cccc2cccnc12. The lowest BCUT2D eigenvalue weighted by atomic mass is 10.2. The number of hydrogen-bond donors (Lipinski definition) is 3. The van der Waals surface area contributed by atoms with Gasteiger partial charge >= 0.3 is 0 Å². The summed E-state index contributed by atoms with van der Waals surface area (Å²) in [5, 5.41) is 9.45. The van der Waals surface area contributed by atoms with Crippen LogP contribution in [0, 0.1) is 5.92 Å². The van der Waals surface area contributed by atoms with E-state index < -0.39 is 0 Å². The molecule has 1 aromatic carbocycles. The van der Waals surface area contributed by atoms with E-state index in [1.54, 1.807) is 12.3 Å². The number of pyridine rings is 1. The summed E-state index contributed by atoms with van der Waals surface area (Å²) in [6.45, 7) is 1.08. The smallest absolute Gasteiger partial charge is 0.243 e. The lowest BCUT2D eigenvalue weighted by molar-refractivity contribution is -0.123. The Morgan fingerprint density at radius 3 is 2.56 bits per heavy atom. The summed E-state index contributed by atoms with van der Waals surface area (Å²) in [5.74, 6) is 0.292. The van der Waals surface area contributed by atoms with Gasteiger partial charge in [0, 0.05) is 11.6 Å². The highest BCUT2D eigenvalue weighted by Gasteiger charge is 2.20. The van der Waals surface area contributed by atoms with E-state index in [0.29, 0.717) is 5.69 Å². The number of rotatable bonds is 7. The number of carbonyl (C=O) groups excluding carboxylic acids is 2. The Morgan fingerprint density at radius 1 is 1.04 bits per heavy atom. The van der Waals surface area contributed by atoms with Gasteiger partial charge in [-0.2, -0.15) is 0 Å². The van der Waals surface area contributed by atoms with Gasteiger partial charge in [0.15, 0.2) is 0 Å².